The van der Waals surface area contributed by atoms with Gasteiger partial charge >= 0.3 is 11.9 Å². The van der Waals surface area contributed by atoms with E-state index >= 15 is 0 Å². The molecule has 0 aromatic heterocycles. The van der Waals surface area contributed by atoms with Crippen LogP contribution in [-0.2, 0) is 44.5 Å². The summed E-state index contributed by atoms with van der Waals surface area (Å²) in [6.45, 7) is 5.68. The predicted octanol–water partition coefficient (Wildman–Crippen LogP) is 2.25. The van der Waals surface area contributed by atoms with Crippen LogP contribution in [0.5, 0.6) is 11.5 Å². The fraction of sp³-hybridized carbons (Fsp3) is 0.609. The molecule has 0 saturated carbocycles. The van der Waals surface area contributed by atoms with Crippen molar-refractivity contribution >= 4 is 17.7 Å². The summed E-state index contributed by atoms with van der Waals surface area (Å²) in [5, 5.41) is 0. The number of methoxy groups -OCH3 is 2. The lowest BCUT2D eigenvalue weighted by molar-refractivity contribution is -0.309. The Balaban J connectivity index is 1.91. The third kappa shape index (κ3) is 5.63. The molecule has 1 saturated heterocycles. The number of rotatable bonds is 7. The highest BCUT2D eigenvalue weighted by molar-refractivity contribution is 5.81. The average molecular weight is 466 g/mol. The second-order valence-corrected chi connectivity index (χ2v) is 8.00. The SMILES string of the molecule is COc1ccc(OC)c2c1C[C@H](C(C)=O)O[C@H]2O[C@H]1C[C@H](OC(C)=O)[C@H](OC(C)=O)[C@H](C)O1. The third-order valence-electron chi connectivity index (χ3n) is 5.60. The summed E-state index contributed by atoms with van der Waals surface area (Å²) in [6, 6.07) is 3.49. The van der Waals surface area contributed by atoms with E-state index in [0.29, 0.717) is 23.5 Å². The Morgan fingerprint density at radius 1 is 0.939 bits per heavy atom. The quantitative estimate of drug-likeness (QED) is 0.554. The normalized spacial score (nSPS) is 28.9. The highest BCUT2D eigenvalue weighted by Crippen LogP contribution is 2.43. The van der Waals surface area contributed by atoms with Crippen molar-refractivity contribution in [1.29, 1.82) is 0 Å². The summed E-state index contributed by atoms with van der Waals surface area (Å²) < 4.78 is 39.8. The van der Waals surface area contributed by atoms with Gasteiger partial charge in [-0.15, -0.1) is 0 Å². The zero-order valence-electron chi connectivity index (χ0n) is 19.6. The Kier molecular flexibility index (Phi) is 7.93. The molecule has 0 bridgehead atoms. The number of fused-ring (bicyclic) bond motifs is 1. The molecule has 10 nitrogen and oxygen atoms in total. The first-order valence-corrected chi connectivity index (χ1v) is 10.7. The van der Waals surface area contributed by atoms with E-state index in [1.807, 2.05) is 0 Å². The lowest BCUT2D eigenvalue weighted by Crippen LogP contribution is -2.51. The lowest BCUT2D eigenvalue weighted by Gasteiger charge is -2.41. The molecule has 10 heteroatoms. The van der Waals surface area contributed by atoms with Gasteiger partial charge in [-0.2, -0.15) is 0 Å². The van der Waals surface area contributed by atoms with E-state index < -0.39 is 48.9 Å². The summed E-state index contributed by atoms with van der Waals surface area (Å²) in [4.78, 5) is 35.4. The van der Waals surface area contributed by atoms with E-state index in [4.69, 9.17) is 33.2 Å². The van der Waals surface area contributed by atoms with E-state index in [9.17, 15) is 14.4 Å². The highest BCUT2D eigenvalue weighted by atomic mass is 16.8. The van der Waals surface area contributed by atoms with Crippen molar-refractivity contribution in [3.05, 3.63) is 23.3 Å². The van der Waals surface area contributed by atoms with Gasteiger partial charge in [0.25, 0.3) is 0 Å². The van der Waals surface area contributed by atoms with Crippen molar-refractivity contribution in [3.63, 3.8) is 0 Å². The van der Waals surface area contributed by atoms with E-state index in [1.165, 1.54) is 27.9 Å². The van der Waals surface area contributed by atoms with E-state index in [1.54, 1.807) is 26.2 Å². The Hall–Kier alpha value is -2.69. The molecule has 33 heavy (non-hydrogen) atoms. The maximum Gasteiger partial charge on any atom is 0.303 e. The molecule has 6 atom stereocenters. The molecule has 0 unspecified atom stereocenters. The molecule has 0 radical (unpaired) electrons. The van der Waals surface area contributed by atoms with Gasteiger partial charge in [-0.1, -0.05) is 0 Å². The van der Waals surface area contributed by atoms with Gasteiger partial charge in [-0.25, -0.2) is 0 Å². The second-order valence-electron chi connectivity index (χ2n) is 8.00. The minimum absolute atomic E-state index is 0.0914. The van der Waals surface area contributed by atoms with Gasteiger partial charge in [0.2, 0.25) is 0 Å². The largest absolute Gasteiger partial charge is 0.496 e. The van der Waals surface area contributed by atoms with Gasteiger partial charge in [0.1, 0.15) is 23.7 Å². The van der Waals surface area contributed by atoms with Gasteiger partial charge in [0, 0.05) is 32.3 Å². The molecule has 3 rings (SSSR count). The standard InChI is InChI=1S/C23H30O10/c1-11(24)18-9-15-16(27-5)7-8-17(28-6)21(15)23(32-18)33-20-10-19(30-13(3)25)22(12(2)29-20)31-14(4)26/h7-8,12,18-20,22-23H,9-10H2,1-6H3/t12-,18+,19-,20-,22+,23-/m0/s1. The van der Waals surface area contributed by atoms with Crippen molar-refractivity contribution < 1.29 is 47.5 Å². The van der Waals surface area contributed by atoms with Crippen LogP contribution < -0.4 is 9.47 Å². The minimum atomic E-state index is -1.01. The monoisotopic (exact) mass is 466 g/mol. The van der Waals surface area contributed by atoms with Crippen LogP contribution in [0.1, 0.15) is 51.5 Å². The number of esters is 2. The van der Waals surface area contributed by atoms with Gasteiger partial charge in [0.05, 0.1) is 25.9 Å². The molecule has 2 aliphatic heterocycles. The smallest absolute Gasteiger partial charge is 0.303 e. The van der Waals surface area contributed by atoms with E-state index in [-0.39, 0.29) is 12.2 Å². The highest BCUT2D eigenvalue weighted by Gasteiger charge is 2.44. The molecule has 0 amide bonds. The summed E-state index contributed by atoms with van der Waals surface area (Å²) in [7, 11) is 3.07. The fourth-order valence-electron chi connectivity index (χ4n) is 4.17. The third-order valence-corrected chi connectivity index (χ3v) is 5.60. The maximum absolute atomic E-state index is 12.2. The number of carbonyl (C=O) groups is 3. The van der Waals surface area contributed by atoms with Crippen LogP contribution in [0.3, 0.4) is 0 Å². The van der Waals surface area contributed by atoms with Crippen LogP contribution in [0.25, 0.3) is 0 Å². The van der Waals surface area contributed by atoms with Crippen LogP contribution in [0.4, 0.5) is 0 Å². The molecule has 0 N–H and O–H groups in total. The molecule has 182 valence electrons. The second kappa shape index (κ2) is 10.5. The summed E-state index contributed by atoms with van der Waals surface area (Å²) in [6.07, 6.45) is -4.43. The zero-order chi connectivity index (χ0) is 24.3. The molecule has 0 spiro atoms. The van der Waals surface area contributed by atoms with Crippen LogP contribution in [0.15, 0.2) is 12.1 Å². The molecule has 1 aromatic rings. The molecule has 1 aromatic carbocycles. The van der Waals surface area contributed by atoms with Crippen molar-refractivity contribution in [1.82, 2.24) is 0 Å². The Bertz CT molecular complexity index is 897. The maximum atomic E-state index is 12.2. The minimum Gasteiger partial charge on any atom is -0.496 e. The first-order valence-electron chi connectivity index (χ1n) is 10.7. The van der Waals surface area contributed by atoms with Crippen LogP contribution >= 0.6 is 0 Å². The average Bonchev–Trinajstić information content (AvgIpc) is 2.74. The van der Waals surface area contributed by atoms with Crippen LogP contribution in [-0.4, -0.2) is 62.6 Å². The van der Waals surface area contributed by atoms with Gasteiger partial charge in [-0.05, 0) is 26.0 Å². The van der Waals surface area contributed by atoms with Crippen molar-refractivity contribution in [3.8, 4) is 11.5 Å². The molecule has 0 aliphatic carbocycles. The van der Waals surface area contributed by atoms with Crippen molar-refractivity contribution in [2.24, 2.45) is 0 Å². The zero-order valence-corrected chi connectivity index (χ0v) is 19.6. The first kappa shape index (κ1) is 24.9. The number of ether oxygens (including phenoxy) is 7. The predicted molar refractivity (Wildman–Crippen MR) is 113 cm³/mol. The Morgan fingerprint density at radius 2 is 1.58 bits per heavy atom. The fourth-order valence-corrected chi connectivity index (χ4v) is 4.17. The molecular weight excluding hydrogens is 436 g/mol. The summed E-state index contributed by atoms with van der Waals surface area (Å²) in [5.74, 6) is -0.106. The molecular formula is C23H30O10. The van der Waals surface area contributed by atoms with Gasteiger partial charge in [-0.3, -0.25) is 14.4 Å². The van der Waals surface area contributed by atoms with E-state index in [0.717, 1.165) is 5.56 Å². The summed E-state index contributed by atoms with van der Waals surface area (Å²) in [5.41, 5.74) is 1.34. The number of Topliss-reactive ketones (excluding diaryl/α,β-unsaturated/α-hetero) is 1. The number of hydrogen-bond donors (Lipinski definition) is 0. The number of hydrogen-bond acceptors (Lipinski definition) is 10. The number of carbonyl (C=O) groups excluding carboxylic acids is 3. The lowest BCUT2D eigenvalue weighted by atomic mass is 9.94. The van der Waals surface area contributed by atoms with Crippen LogP contribution in [0, 0.1) is 0 Å². The Morgan fingerprint density at radius 3 is 2.15 bits per heavy atom. The Labute approximate surface area is 192 Å². The number of benzene rings is 1. The van der Waals surface area contributed by atoms with Gasteiger partial charge < -0.3 is 33.2 Å². The van der Waals surface area contributed by atoms with E-state index in [2.05, 4.69) is 0 Å². The molecule has 2 aliphatic rings. The van der Waals surface area contributed by atoms with Crippen molar-refractivity contribution in [2.75, 3.05) is 14.2 Å². The first-order chi connectivity index (χ1) is 15.6. The van der Waals surface area contributed by atoms with Crippen LogP contribution in [0.2, 0.25) is 0 Å². The molecule has 1 fully saturated rings. The van der Waals surface area contributed by atoms with Crippen molar-refractivity contribution in [2.45, 2.75) is 77.5 Å². The topological polar surface area (TPSA) is 116 Å². The van der Waals surface area contributed by atoms with Gasteiger partial charge in [0.15, 0.2) is 24.5 Å². The molecule has 2 heterocycles. The summed E-state index contributed by atoms with van der Waals surface area (Å²) >= 11 is 0. The number of ketones is 1.